The molecule has 2 atom stereocenters. The van der Waals surface area contributed by atoms with Crippen LogP contribution in [0.25, 0.3) is 0 Å². The van der Waals surface area contributed by atoms with Crippen molar-refractivity contribution in [3.8, 4) is 0 Å². The number of benzene rings is 1. The Morgan fingerprint density at radius 1 is 1.16 bits per heavy atom. The molecule has 1 aromatic rings. The van der Waals surface area contributed by atoms with E-state index in [4.69, 9.17) is 9.78 Å². The molecular weight excluding hydrogens is 328 g/mol. The maximum Gasteiger partial charge on any atom is 0.373 e. The van der Waals surface area contributed by atoms with Crippen molar-refractivity contribution in [3.05, 3.63) is 42.1 Å². The average molecular weight is 361 g/mol. The fourth-order valence-corrected chi connectivity index (χ4v) is 6.88. The van der Waals surface area contributed by atoms with Crippen LogP contribution in [0.3, 0.4) is 0 Å². The topological polar surface area (TPSA) is 35.5 Å². The van der Waals surface area contributed by atoms with Gasteiger partial charge in [-0.15, -0.1) is 6.58 Å². The van der Waals surface area contributed by atoms with Gasteiger partial charge in [-0.1, -0.05) is 75.1 Å². The minimum Gasteiger partial charge on any atom is -0.293 e. The molecule has 1 fully saturated rings. The van der Waals surface area contributed by atoms with E-state index in [2.05, 4.69) is 45.2 Å². The second-order valence-electron chi connectivity index (χ2n) is 7.10. The van der Waals surface area contributed by atoms with Gasteiger partial charge in [0.15, 0.2) is 0 Å². The fraction of sp³-hybridized carbons (Fsp3) is 0.571. The number of hydrogen-bond acceptors (Lipinski definition) is 3. The summed E-state index contributed by atoms with van der Waals surface area (Å²) in [6.45, 7) is 10.7. The van der Waals surface area contributed by atoms with Gasteiger partial charge in [0.2, 0.25) is 0 Å². The van der Waals surface area contributed by atoms with Gasteiger partial charge in [-0.3, -0.25) is 4.89 Å². The Morgan fingerprint density at radius 3 is 2.36 bits per heavy atom. The lowest BCUT2D eigenvalue weighted by Crippen LogP contribution is -2.44. The van der Waals surface area contributed by atoms with Crippen LogP contribution in [0.4, 0.5) is 0 Å². The second-order valence-corrected chi connectivity index (χ2v) is 11.8. The number of hydrogen-bond donors (Lipinski definition) is 0. The highest BCUT2D eigenvalue weighted by Gasteiger charge is 2.29. The molecule has 0 aliphatic heterocycles. The summed E-state index contributed by atoms with van der Waals surface area (Å²) in [6, 6.07) is 10.1. The number of carbonyl (C=O) groups excluding carboxylic acids is 1. The first-order chi connectivity index (χ1) is 12.1. The highest BCUT2D eigenvalue weighted by atomic mass is 28.3. The summed E-state index contributed by atoms with van der Waals surface area (Å²) in [7, 11) is -1.63. The standard InChI is InChI=1S/C21H32O3Si/c1-5-17-11-9-10-12-20(17)23-24-21(22)18-13-15-19(16-14-18)25(6-2,7-3)8-4/h6,13-17,20H,2,5,7-12H2,1,3-4H3. The van der Waals surface area contributed by atoms with Crippen LogP contribution in [-0.2, 0) is 9.78 Å². The molecule has 138 valence electrons. The molecule has 1 aliphatic carbocycles. The molecule has 1 saturated carbocycles. The second kappa shape index (κ2) is 9.34. The maximum absolute atomic E-state index is 12.3. The van der Waals surface area contributed by atoms with E-state index in [0.717, 1.165) is 37.8 Å². The fourth-order valence-electron chi connectivity index (χ4n) is 3.92. The molecule has 0 heterocycles. The van der Waals surface area contributed by atoms with Gasteiger partial charge in [-0.25, -0.2) is 4.79 Å². The third-order valence-electron chi connectivity index (χ3n) is 5.96. The average Bonchev–Trinajstić information content (AvgIpc) is 2.68. The van der Waals surface area contributed by atoms with E-state index < -0.39 is 14.0 Å². The van der Waals surface area contributed by atoms with Crippen molar-refractivity contribution >= 4 is 19.2 Å². The van der Waals surface area contributed by atoms with E-state index in [-0.39, 0.29) is 6.10 Å². The van der Waals surface area contributed by atoms with Gasteiger partial charge >= 0.3 is 5.97 Å². The van der Waals surface area contributed by atoms with Crippen molar-refractivity contribution in [2.24, 2.45) is 5.92 Å². The molecule has 1 aromatic carbocycles. The van der Waals surface area contributed by atoms with E-state index >= 15 is 0 Å². The van der Waals surface area contributed by atoms with Crippen LogP contribution in [0, 0.1) is 5.92 Å². The Morgan fingerprint density at radius 2 is 1.80 bits per heavy atom. The third kappa shape index (κ3) is 4.62. The third-order valence-corrected chi connectivity index (χ3v) is 10.7. The Hall–Kier alpha value is -1.39. The lowest BCUT2D eigenvalue weighted by Gasteiger charge is -2.28. The molecule has 0 radical (unpaired) electrons. The molecular formula is C21H32O3Si. The summed E-state index contributed by atoms with van der Waals surface area (Å²) >= 11 is 0. The predicted molar refractivity (Wildman–Crippen MR) is 106 cm³/mol. The van der Waals surface area contributed by atoms with Crippen molar-refractivity contribution in [3.63, 3.8) is 0 Å². The minimum absolute atomic E-state index is 0.0444. The first kappa shape index (κ1) is 19.9. The first-order valence-corrected chi connectivity index (χ1v) is 12.2. The molecule has 25 heavy (non-hydrogen) atoms. The highest BCUT2D eigenvalue weighted by Crippen LogP contribution is 2.29. The monoisotopic (exact) mass is 360 g/mol. The number of rotatable bonds is 8. The molecule has 0 N–H and O–H groups in total. The van der Waals surface area contributed by atoms with Gasteiger partial charge in [0, 0.05) is 0 Å². The largest absolute Gasteiger partial charge is 0.373 e. The van der Waals surface area contributed by atoms with Gasteiger partial charge in [-0.05, 0) is 30.9 Å². The van der Waals surface area contributed by atoms with Gasteiger partial charge in [0.25, 0.3) is 0 Å². The van der Waals surface area contributed by atoms with Crippen molar-refractivity contribution in [1.29, 1.82) is 0 Å². The summed E-state index contributed by atoms with van der Waals surface area (Å²) in [5.74, 6) is 0.100. The van der Waals surface area contributed by atoms with Gasteiger partial charge in [0.1, 0.15) is 14.2 Å². The summed E-state index contributed by atoms with van der Waals surface area (Å²) in [6.07, 6.45) is 5.65. The van der Waals surface area contributed by atoms with Gasteiger partial charge in [0.05, 0.1) is 5.56 Å². The molecule has 2 rings (SSSR count). The summed E-state index contributed by atoms with van der Waals surface area (Å²) in [4.78, 5) is 23.0. The van der Waals surface area contributed by atoms with E-state index in [9.17, 15) is 4.79 Å². The van der Waals surface area contributed by atoms with E-state index in [1.165, 1.54) is 11.6 Å². The highest BCUT2D eigenvalue weighted by molar-refractivity contribution is 6.95. The van der Waals surface area contributed by atoms with Crippen LogP contribution >= 0.6 is 0 Å². The summed E-state index contributed by atoms with van der Waals surface area (Å²) < 4.78 is 0. The van der Waals surface area contributed by atoms with E-state index in [1.54, 1.807) is 0 Å². The van der Waals surface area contributed by atoms with Crippen LogP contribution in [0.15, 0.2) is 36.5 Å². The Kier molecular flexibility index (Phi) is 7.45. The van der Waals surface area contributed by atoms with E-state index in [0.29, 0.717) is 11.5 Å². The molecule has 0 saturated heterocycles. The predicted octanol–water partition coefficient (Wildman–Crippen LogP) is 5.16. The van der Waals surface area contributed by atoms with Crippen LogP contribution in [0.1, 0.15) is 63.2 Å². The zero-order valence-electron chi connectivity index (χ0n) is 15.9. The summed E-state index contributed by atoms with van der Waals surface area (Å²) in [5, 5.41) is 1.32. The molecule has 3 nitrogen and oxygen atoms in total. The van der Waals surface area contributed by atoms with Gasteiger partial charge in [-0.2, -0.15) is 4.89 Å². The van der Waals surface area contributed by atoms with Crippen LogP contribution in [-0.4, -0.2) is 20.1 Å². The maximum atomic E-state index is 12.3. The first-order valence-electron chi connectivity index (χ1n) is 9.72. The summed E-state index contributed by atoms with van der Waals surface area (Å²) in [5.41, 5.74) is 2.70. The quantitative estimate of drug-likeness (QED) is 0.365. The molecule has 2 unspecified atom stereocenters. The Bertz CT molecular complexity index is 563. The van der Waals surface area contributed by atoms with Crippen LogP contribution in [0.2, 0.25) is 12.1 Å². The van der Waals surface area contributed by atoms with Crippen LogP contribution in [0.5, 0.6) is 0 Å². The number of carbonyl (C=O) groups is 1. The van der Waals surface area contributed by atoms with Gasteiger partial charge < -0.3 is 0 Å². The molecule has 0 spiro atoms. The Labute approximate surface area is 153 Å². The van der Waals surface area contributed by atoms with Crippen molar-refractivity contribution in [2.45, 2.75) is 71.1 Å². The normalized spacial score (nSPS) is 20.9. The Balaban J connectivity index is 1.99. The molecule has 0 amide bonds. The molecule has 4 heteroatoms. The molecule has 1 aliphatic rings. The molecule has 0 aromatic heterocycles. The smallest absolute Gasteiger partial charge is 0.293 e. The van der Waals surface area contributed by atoms with Crippen molar-refractivity contribution < 1.29 is 14.6 Å². The lowest BCUT2D eigenvalue weighted by molar-refractivity contribution is -0.290. The van der Waals surface area contributed by atoms with Crippen molar-refractivity contribution in [1.82, 2.24) is 0 Å². The van der Waals surface area contributed by atoms with Crippen molar-refractivity contribution in [2.75, 3.05) is 0 Å². The molecule has 0 bridgehead atoms. The van der Waals surface area contributed by atoms with E-state index in [1.807, 2.05) is 12.1 Å². The minimum atomic E-state index is -1.63. The van der Waals surface area contributed by atoms with Crippen LogP contribution < -0.4 is 5.19 Å². The lowest BCUT2D eigenvalue weighted by atomic mass is 9.85. The SMILES string of the molecule is C=C[Si](CC)(CC)c1ccc(C(=O)OOC2CCCCC2CC)cc1. The zero-order valence-corrected chi connectivity index (χ0v) is 16.9. The zero-order chi connectivity index (χ0) is 18.3.